The van der Waals surface area contributed by atoms with Crippen LogP contribution in [0.4, 0.5) is 10.6 Å². The highest BCUT2D eigenvalue weighted by atomic mass is 16.6. The predicted molar refractivity (Wildman–Crippen MR) is 106 cm³/mol. The topological polar surface area (TPSA) is 141 Å². The second-order valence-corrected chi connectivity index (χ2v) is 6.23. The lowest BCUT2D eigenvalue weighted by atomic mass is 10.1. The molecule has 29 heavy (non-hydrogen) atoms. The average molecular weight is 395 g/mol. The van der Waals surface area contributed by atoms with Crippen molar-refractivity contribution in [1.29, 1.82) is 5.26 Å². The van der Waals surface area contributed by atoms with Gasteiger partial charge in [0.25, 0.3) is 0 Å². The summed E-state index contributed by atoms with van der Waals surface area (Å²) in [7, 11) is 1.57. The Morgan fingerprint density at radius 3 is 2.90 bits per heavy atom. The van der Waals surface area contributed by atoms with Gasteiger partial charge in [-0.3, -0.25) is 4.68 Å². The summed E-state index contributed by atoms with van der Waals surface area (Å²) in [5.74, 6) is 1.12. The van der Waals surface area contributed by atoms with Gasteiger partial charge < -0.3 is 20.5 Å². The average Bonchev–Trinajstić information content (AvgIpc) is 3.10. The van der Waals surface area contributed by atoms with Crippen LogP contribution in [0, 0.1) is 11.3 Å². The number of unbranched alkanes of at least 4 members (excludes halogenated alkanes) is 1. The van der Waals surface area contributed by atoms with Crippen LogP contribution in [0.2, 0.25) is 0 Å². The van der Waals surface area contributed by atoms with Gasteiger partial charge in [-0.05, 0) is 24.6 Å². The Balaban J connectivity index is 2.05. The molecule has 0 aliphatic carbocycles. The third-order valence-corrected chi connectivity index (χ3v) is 4.21. The SMILES string of the molecule is CCCCNc1nc(OC(N)=O)nc2cnn(Cc3cc(C#N)ccc3OC)c12. The summed E-state index contributed by atoms with van der Waals surface area (Å²) >= 11 is 0. The Morgan fingerprint density at radius 2 is 2.21 bits per heavy atom. The maximum atomic E-state index is 11.1. The van der Waals surface area contributed by atoms with Gasteiger partial charge in [0, 0.05) is 12.1 Å². The Hall–Kier alpha value is -3.87. The largest absolute Gasteiger partial charge is 0.496 e. The number of nitriles is 1. The van der Waals surface area contributed by atoms with Crippen LogP contribution < -0.4 is 20.5 Å². The van der Waals surface area contributed by atoms with Crippen molar-refractivity contribution in [3.63, 3.8) is 0 Å². The smallest absolute Gasteiger partial charge is 0.412 e. The zero-order chi connectivity index (χ0) is 20.8. The van der Waals surface area contributed by atoms with Crippen molar-refractivity contribution >= 4 is 22.9 Å². The van der Waals surface area contributed by atoms with Crippen molar-refractivity contribution in [2.24, 2.45) is 5.73 Å². The van der Waals surface area contributed by atoms with Crippen LogP contribution in [-0.2, 0) is 6.54 Å². The molecule has 0 spiro atoms. The molecule has 3 aromatic rings. The Kier molecular flexibility index (Phi) is 6.09. The van der Waals surface area contributed by atoms with Gasteiger partial charge in [0.05, 0.1) is 31.5 Å². The van der Waals surface area contributed by atoms with Crippen molar-refractivity contribution in [3.05, 3.63) is 35.5 Å². The number of methoxy groups -OCH3 is 1. The van der Waals surface area contributed by atoms with Crippen LogP contribution in [0.1, 0.15) is 30.9 Å². The molecule has 1 aromatic carbocycles. The summed E-state index contributed by atoms with van der Waals surface area (Å²) in [5, 5.41) is 16.8. The van der Waals surface area contributed by atoms with Crippen molar-refractivity contribution in [1.82, 2.24) is 19.7 Å². The fourth-order valence-electron chi connectivity index (χ4n) is 2.87. The molecule has 10 nitrogen and oxygen atoms in total. The minimum atomic E-state index is -0.991. The standard InChI is InChI=1S/C19H21N7O3/c1-3-4-7-22-17-16-14(24-19(25-17)29-18(21)27)10-23-26(16)11-13-8-12(9-20)5-6-15(13)28-2/h5-6,8,10H,3-4,7,11H2,1-2H3,(H2,21,27)(H,22,24,25). The van der Waals surface area contributed by atoms with Gasteiger partial charge in [-0.15, -0.1) is 0 Å². The van der Waals surface area contributed by atoms with E-state index in [2.05, 4.69) is 33.4 Å². The van der Waals surface area contributed by atoms with Crippen molar-refractivity contribution in [2.75, 3.05) is 19.0 Å². The maximum Gasteiger partial charge on any atom is 0.412 e. The minimum Gasteiger partial charge on any atom is -0.496 e. The molecular formula is C19H21N7O3. The molecular weight excluding hydrogens is 374 g/mol. The summed E-state index contributed by atoms with van der Waals surface area (Å²) in [5.41, 5.74) is 7.52. The van der Waals surface area contributed by atoms with E-state index in [0.29, 0.717) is 41.3 Å². The molecule has 3 rings (SSSR count). The quantitative estimate of drug-likeness (QED) is 0.554. The first-order valence-corrected chi connectivity index (χ1v) is 9.07. The Labute approximate surface area is 167 Å². The molecule has 0 saturated carbocycles. The lowest BCUT2D eigenvalue weighted by Gasteiger charge is -2.12. The second-order valence-electron chi connectivity index (χ2n) is 6.23. The highest BCUT2D eigenvalue weighted by molar-refractivity contribution is 5.86. The van der Waals surface area contributed by atoms with E-state index in [0.717, 1.165) is 18.4 Å². The fourth-order valence-corrected chi connectivity index (χ4v) is 2.87. The molecule has 0 radical (unpaired) electrons. The number of nitrogens with two attached hydrogens (primary N) is 1. The number of amides is 1. The van der Waals surface area contributed by atoms with Gasteiger partial charge in [-0.1, -0.05) is 13.3 Å². The number of fused-ring (bicyclic) bond motifs is 1. The molecule has 0 atom stereocenters. The Morgan fingerprint density at radius 1 is 1.38 bits per heavy atom. The fraction of sp³-hybridized carbons (Fsp3) is 0.316. The van der Waals surface area contributed by atoms with Gasteiger partial charge in [-0.25, -0.2) is 4.79 Å². The van der Waals surface area contributed by atoms with Gasteiger partial charge >= 0.3 is 12.1 Å². The summed E-state index contributed by atoms with van der Waals surface area (Å²) in [6.45, 7) is 3.10. The second kappa shape index (κ2) is 8.88. The number of hydrogen-bond acceptors (Lipinski definition) is 8. The first-order chi connectivity index (χ1) is 14.0. The summed E-state index contributed by atoms with van der Waals surface area (Å²) in [6.07, 6.45) is 2.50. The van der Waals surface area contributed by atoms with Crippen LogP contribution in [-0.4, -0.2) is 39.5 Å². The third kappa shape index (κ3) is 4.52. The molecule has 2 heterocycles. The van der Waals surface area contributed by atoms with Crippen LogP contribution in [0.25, 0.3) is 11.0 Å². The van der Waals surface area contributed by atoms with Crippen LogP contribution in [0.5, 0.6) is 11.8 Å². The van der Waals surface area contributed by atoms with E-state index in [1.54, 1.807) is 36.2 Å². The summed E-state index contributed by atoms with van der Waals surface area (Å²) < 4.78 is 12.0. The zero-order valence-electron chi connectivity index (χ0n) is 16.2. The van der Waals surface area contributed by atoms with E-state index in [-0.39, 0.29) is 6.01 Å². The number of rotatable bonds is 8. The molecule has 0 aliphatic rings. The summed E-state index contributed by atoms with van der Waals surface area (Å²) in [6, 6.07) is 7.17. The number of hydrogen-bond donors (Lipinski definition) is 2. The molecule has 2 aromatic heterocycles. The molecule has 10 heteroatoms. The molecule has 0 fully saturated rings. The van der Waals surface area contributed by atoms with Crippen molar-refractivity contribution in [3.8, 4) is 17.8 Å². The summed E-state index contributed by atoms with van der Waals surface area (Å²) in [4.78, 5) is 19.6. The third-order valence-electron chi connectivity index (χ3n) is 4.21. The lowest BCUT2D eigenvalue weighted by Crippen LogP contribution is -2.18. The van der Waals surface area contributed by atoms with Crippen molar-refractivity contribution in [2.45, 2.75) is 26.3 Å². The zero-order valence-corrected chi connectivity index (χ0v) is 16.2. The van der Waals surface area contributed by atoms with E-state index in [1.807, 2.05) is 0 Å². The van der Waals surface area contributed by atoms with E-state index in [1.165, 1.54) is 0 Å². The number of nitrogens with one attached hydrogen (secondary N) is 1. The van der Waals surface area contributed by atoms with Gasteiger partial charge in [0.15, 0.2) is 5.82 Å². The van der Waals surface area contributed by atoms with E-state index >= 15 is 0 Å². The Bertz CT molecular complexity index is 1070. The molecule has 3 N–H and O–H groups in total. The molecule has 1 amide bonds. The van der Waals surface area contributed by atoms with Crippen molar-refractivity contribution < 1.29 is 14.3 Å². The normalized spacial score (nSPS) is 10.5. The first-order valence-electron chi connectivity index (χ1n) is 9.07. The minimum absolute atomic E-state index is 0.146. The van der Waals surface area contributed by atoms with Gasteiger partial charge in [0.2, 0.25) is 0 Å². The number of carbonyl (C=O) groups is 1. The van der Waals surface area contributed by atoms with Crippen LogP contribution >= 0.6 is 0 Å². The molecule has 0 bridgehead atoms. The number of ether oxygens (including phenoxy) is 2. The number of primary amides is 1. The maximum absolute atomic E-state index is 11.1. The monoisotopic (exact) mass is 395 g/mol. The highest BCUT2D eigenvalue weighted by Crippen LogP contribution is 2.26. The number of anilines is 1. The van der Waals surface area contributed by atoms with Gasteiger partial charge in [0.1, 0.15) is 16.8 Å². The molecule has 150 valence electrons. The molecule has 0 aliphatic heterocycles. The number of carbonyl (C=O) groups excluding carboxylic acids is 1. The lowest BCUT2D eigenvalue weighted by molar-refractivity contribution is 0.207. The number of aromatic nitrogens is 4. The number of benzene rings is 1. The molecule has 0 saturated heterocycles. The molecule has 0 unspecified atom stereocenters. The van der Waals surface area contributed by atoms with Crippen LogP contribution in [0.3, 0.4) is 0 Å². The highest BCUT2D eigenvalue weighted by Gasteiger charge is 2.17. The first kappa shape index (κ1) is 19.9. The number of nitrogens with zero attached hydrogens (tertiary/aromatic N) is 5. The van der Waals surface area contributed by atoms with Crippen LogP contribution in [0.15, 0.2) is 24.4 Å². The van der Waals surface area contributed by atoms with Gasteiger partial charge in [-0.2, -0.15) is 20.3 Å². The predicted octanol–water partition coefficient (Wildman–Crippen LogP) is 2.42. The van der Waals surface area contributed by atoms with E-state index in [9.17, 15) is 10.1 Å². The van der Waals surface area contributed by atoms with E-state index < -0.39 is 6.09 Å². The van der Waals surface area contributed by atoms with E-state index in [4.69, 9.17) is 15.2 Å².